The third kappa shape index (κ3) is 6.89. The lowest BCUT2D eigenvalue weighted by molar-refractivity contribution is -0.120. The molecule has 0 aliphatic rings. The third-order valence-corrected chi connectivity index (χ3v) is 3.39. The van der Waals surface area contributed by atoms with Crippen LogP contribution in [0.15, 0.2) is 18.2 Å². The van der Waals surface area contributed by atoms with Crippen LogP contribution in [0.4, 0.5) is 5.69 Å². The van der Waals surface area contributed by atoms with Crippen LogP contribution in [0.2, 0.25) is 5.02 Å². The van der Waals surface area contributed by atoms with E-state index in [0.717, 1.165) is 5.56 Å². The Hall–Kier alpha value is -1.63. The van der Waals surface area contributed by atoms with Gasteiger partial charge in [-0.15, -0.1) is 0 Å². The summed E-state index contributed by atoms with van der Waals surface area (Å²) < 4.78 is 4.85. The summed E-state index contributed by atoms with van der Waals surface area (Å²) in [5.74, 6) is -0.319. The van der Waals surface area contributed by atoms with Crippen molar-refractivity contribution in [3.8, 4) is 0 Å². The van der Waals surface area contributed by atoms with E-state index in [4.69, 9.17) is 16.3 Å². The number of rotatable bonds is 9. The van der Waals surface area contributed by atoms with Crippen molar-refractivity contribution in [1.82, 2.24) is 10.6 Å². The van der Waals surface area contributed by atoms with Gasteiger partial charge < -0.3 is 20.7 Å². The molecule has 1 aromatic carbocycles. The van der Waals surface area contributed by atoms with E-state index in [2.05, 4.69) is 16.0 Å². The summed E-state index contributed by atoms with van der Waals surface area (Å²) >= 11 is 5.99. The van der Waals surface area contributed by atoms with Crippen LogP contribution < -0.4 is 16.0 Å². The number of halogens is 1. The molecule has 6 nitrogen and oxygen atoms in total. The fourth-order valence-electron chi connectivity index (χ4n) is 1.71. The lowest BCUT2D eigenvalue weighted by Gasteiger charge is -2.10. The average Bonchev–Trinajstić information content (AvgIpc) is 2.48. The second-order valence-electron chi connectivity index (χ2n) is 4.73. The van der Waals surface area contributed by atoms with Crippen molar-refractivity contribution in [2.45, 2.75) is 13.3 Å². The number of carbonyl (C=O) groups is 2. The number of ether oxygens (including phenoxy) is 1. The number of hydrogen-bond acceptors (Lipinski definition) is 4. The number of methoxy groups -OCH3 is 1. The van der Waals surface area contributed by atoms with E-state index in [0.29, 0.717) is 23.9 Å². The van der Waals surface area contributed by atoms with Gasteiger partial charge in [-0.3, -0.25) is 9.59 Å². The maximum Gasteiger partial charge on any atom is 0.233 e. The van der Waals surface area contributed by atoms with Gasteiger partial charge in [0.25, 0.3) is 0 Å². The number of carbonyl (C=O) groups excluding carboxylic acids is 2. The molecule has 0 atom stereocenters. The first kappa shape index (κ1) is 18.4. The highest BCUT2D eigenvalue weighted by molar-refractivity contribution is 6.31. The fraction of sp³-hybridized carbons (Fsp3) is 0.467. The van der Waals surface area contributed by atoms with E-state index in [1.165, 1.54) is 0 Å². The Kier molecular flexibility index (Phi) is 8.50. The lowest BCUT2D eigenvalue weighted by atomic mass is 10.2. The molecule has 22 heavy (non-hydrogen) atoms. The average molecular weight is 328 g/mol. The van der Waals surface area contributed by atoms with E-state index >= 15 is 0 Å². The summed E-state index contributed by atoms with van der Waals surface area (Å²) in [7, 11) is 1.60. The highest BCUT2D eigenvalue weighted by Gasteiger charge is 2.07. The van der Waals surface area contributed by atoms with E-state index in [1.54, 1.807) is 25.3 Å². The SMILES string of the molecule is COCCNCC(=O)NCCC(=O)Nc1cccc(Cl)c1C. The van der Waals surface area contributed by atoms with Crippen LogP contribution >= 0.6 is 11.6 Å². The van der Waals surface area contributed by atoms with Gasteiger partial charge in [0.05, 0.1) is 13.2 Å². The van der Waals surface area contributed by atoms with Gasteiger partial charge in [0.15, 0.2) is 0 Å². The largest absolute Gasteiger partial charge is 0.383 e. The Morgan fingerprint density at radius 1 is 1.23 bits per heavy atom. The molecule has 7 heteroatoms. The van der Waals surface area contributed by atoms with Crippen molar-refractivity contribution >= 4 is 29.1 Å². The summed E-state index contributed by atoms with van der Waals surface area (Å²) in [6, 6.07) is 5.33. The molecule has 3 N–H and O–H groups in total. The molecule has 122 valence electrons. The van der Waals surface area contributed by atoms with Crippen LogP contribution in [0.25, 0.3) is 0 Å². The highest BCUT2D eigenvalue weighted by Crippen LogP contribution is 2.22. The molecule has 0 saturated heterocycles. The van der Waals surface area contributed by atoms with Gasteiger partial charge in [0.2, 0.25) is 11.8 Å². The first-order valence-corrected chi connectivity index (χ1v) is 7.43. The normalized spacial score (nSPS) is 10.3. The molecular weight excluding hydrogens is 306 g/mol. The number of anilines is 1. The minimum Gasteiger partial charge on any atom is -0.383 e. The summed E-state index contributed by atoms with van der Waals surface area (Å²) in [6.45, 7) is 3.49. The van der Waals surface area contributed by atoms with E-state index in [-0.39, 0.29) is 31.3 Å². The van der Waals surface area contributed by atoms with Gasteiger partial charge in [-0.25, -0.2) is 0 Å². The maximum atomic E-state index is 11.8. The Bertz CT molecular complexity index is 509. The molecule has 0 spiro atoms. The Balaban J connectivity index is 2.23. The van der Waals surface area contributed by atoms with Crippen molar-refractivity contribution in [3.05, 3.63) is 28.8 Å². The Labute approximate surface area is 135 Å². The molecule has 2 amide bonds. The maximum absolute atomic E-state index is 11.8. The van der Waals surface area contributed by atoms with Crippen molar-refractivity contribution in [2.24, 2.45) is 0 Å². The first-order valence-electron chi connectivity index (χ1n) is 7.06. The van der Waals surface area contributed by atoms with E-state index < -0.39 is 0 Å². The zero-order valence-electron chi connectivity index (χ0n) is 12.9. The van der Waals surface area contributed by atoms with Gasteiger partial charge in [-0.1, -0.05) is 17.7 Å². The minimum absolute atomic E-state index is 0.150. The van der Waals surface area contributed by atoms with Gasteiger partial charge in [-0.05, 0) is 24.6 Å². The molecule has 0 radical (unpaired) electrons. The second-order valence-corrected chi connectivity index (χ2v) is 5.14. The topological polar surface area (TPSA) is 79.5 Å². The number of benzene rings is 1. The van der Waals surface area contributed by atoms with Crippen molar-refractivity contribution < 1.29 is 14.3 Å². The van der Waals surface area contributed by atoms with Crippen LogP contribution in [0.5, 0.6) is 0 Å². The summed E-state index contributed by atoms with van der Waals surface area (Å²) in [4.78, 5) is 23.3. The van der Waals surface area contributed by atoms with Gasteiger partial charge in [0, 0.05) is 37.3 Å². The minimum atomic E-state index is -0.169. The van der Waals surface area contributed by atoms with Crippen LogP contribution in [-0.4, -0.2) is 45.2 Å². The van der Waals surface area contributed by atoms with Crippen molar-refractivity contribution in [2.75, 3.05) is 38.7 Å². The van der Waals surface area contributed by atoms with E-state index in [1.807, 2.05) is 6.92 Å². The molecule has 0 heterocycles. The molecule has 0 aliphatic carbocycles. The Morgan fingerprint density at radius 2 is 2.00 bits per heavy atom. The zero-order chi connectivity index (χ0) is 16.4. The zero-order valence-corrected chi connectivity index (χ0v) is 13.6. The lowest BCUT2D eigenvalue weighted by Crippen LogP contribution is -2.36. The predicted molar refractivity (Wildman–Crippen MR) is 87.2 cm³/mol. The third-order valence-electron chi connectivity index (χ3n) is 2.98. The fourth-order valence-corrected chi connectivity index (χ4v) is 1.88. The number of nitrogens with one attached hydrogen (secondary N) is 3. The molecule has 0 fully saturated rings. The van der Waals surface area contributed by atoms with E-state index in [9.17, 15) is 9.59 Å². The van der Waals surface area contributed by atoms with Crippen LogP contribution in [-0.2, 0) is 14.3 Å². The smallest absolute Gasteiger partial charge is 0.233 e. The molecule has 1 rings (SSSR count). The molecule has 0 saturated carbocycles. The molecular formula is C15H22ClN3O3. The summed E-state index contributed by atoms with van der Waals surface area (Å²) in [5.41, 5.74) is 1.51. The van der Waals surface area contributed by atoms with Crippen molar-refractivity contribution in [3.63, 3.8) is 0 Å². The second kappa shape index (κ2) is 10.2. The monoisotopic (exact) mass is 327 g/mol. The standard InChI is InChI=1S/C15H22ClN3O3/c1-11-12(16)4-3-5-13(11)19-14(20)6-7-18-15(21)10-17-8-9-22-2/h3-5,17H,6-10H2,1-2H3,(H,18,21)(H,19,20). The Morgan fingerprint density at radius 3 is 2.73 bits per heavy atom. The van der Waals surface area contributed by atoms with Crippen molar-refractivity contribution in [1.29, 1.82) is 0 Å². The van der Waals surface area contributed by atoms with Gasteiger partial charge in [0.1, 0.15) is 0 Å². The molecule has 0 unspecified atom stereocenters. The van der Waals surface area contributed by atoms with Crippen LogP contribution in [0.3, 0.4) is 0 Å². The highest BCUT2D eigenvalue weighted by atomic mass is 35.5. The summed E-state index contributed by atoms with van der Waals surface area (Å²) in [5, 5.41) is 8.98. The quantitative estimate of drug-likeness (QED) is 0.598. The molecule has 0 aromatic heterocycles. The molecule has 0 aliphatic heterocycles. The predicted octanol–water partition coefficient (Wildman–Crippen LogP) is 1.33. The number of hydrogen-bond donors (Lipinski definition) is 3. The van der Waals surface area contributed by atoms with Crippen LogP contribution in [0.1, 0.15) is 12.0 Å². The van der Waals surface area contributed by atoms with Gasteiger partial charge in [-0.2, -0.15) is 0 Å². The molecule has 1 aromatic rings. The van der Waals surface area contributed by atoms with Gasteiger partial charge >= 0.3 is 0 Å². The number of amides is 2. The summed E-state index contributed by atoms with van der Waals surface area (Å²) in [6.07, 6.45) is 0.204. The van der Waals surface area contributed by atoms with Crippen LogP contribution in [0, 0.1) is 6.92 Å². The molecule has 0 bridgehead atoms. The first-order chi connectivity index (χ1) is 10.5.